The average molecular weight is 359 g/mol. The number of rotatable bonds is 9. The van der Waals surface area contributed by atoms with Gasteiger partial charge in [0.25, 0.3) is 0 Å². The van der Waals surface area contributed by atoms with E-state index in [1.54, 1.807) is 0 Å². The zero-order chi connectivity index (χ0) is 19.3. The highest BCUT2D eigenvalue weighted by Crippen LogP contribution is 2.23. The fraction of sp³-hybridized carbons (Fsp3) is 0.500. The van der Waals surface area contributed by atoms with Gasteiger partial charge in [0.05, 0.1) is 11.8 Å². The van der Waals surface area contributed by atoms with Crippen LogP contribution < -0.4 is 4.74 Å². The Kier molecular flexibility index (Phi) is 6.80. The maximum absolute atomic E-state index is 11.8. The van der Waals surface area contributed by atoms with Gasteiger partial charge in [-0.25, -0.2) is 0 Å². The van der Waals surface area contributed by atoms with E-state index in [9.17, 15) is 9.90 Å². The molecule has 6 heteroatoms. The third kappa shape index (κ3) is 5.33. The Morgan fingerprint density at radius 3 is 2.42 bits per heavy atom. The van der Waals surface area contributed by atoms with Crippen LogP contribution >= 0.6 is 0 Å². The highest BCUT2D eigenvalue weighted by molar-refractivity contribution is 5.75. The van der Waals surface area contributed by atoms with Crippen LogP contribution in [-0.2, 0) is 11.3 Å². The number of nitrogens with zero attached hydrogens (tertiary/aromatic N) is 3. The van der Waals surface area contributed by atoms with Crippen molar-refractivity contribution >= 4 is 5.97 Å². The largest absolute Gasteiger partial charge is 0.491 e. The molecule has 1 aromatic carbocycles. The maximum Gasteiger partial charge on any atom is 0.325 e. The topological polar surface area (TPSA) is 67.6 Å². The number of carboxylic acid groups (broad SMARTS) is 1. The van der Waals surface area contributed by atoms with E-state index in [-0.39, 0.29) is 6.10 Å². The van der Waals surface area contributed by atoms with Gasteiger partial charge < -0.3 is 9.84 Å². The Morgan fingerprint density at radius 2 is 1.92 bits per heavy atom. The first-order valence-electron chi connectivity index (χ1n) is 8.98. The van der Waals surface area contributed by atoms with Crippen molar-refractivity contribution in [2.24, 2.45) is 0 Å². The van der Waals surface area contributed by atoms with Crippen molar-refractivity contribution in [2.45, 2.75) is 52.8 Å². The first-order valence-corrected chi connectivity index (χ1v) is 8.98. The zero-order valence-electron chi connectivity index (χ0n) is 16.3. The Labute approximate surface area is 155 Å². The van der Waals surface area contributed by atoms with Crippen molar-refractivity contribution in [1.29, 1.82) is 0 Å². The summed E-state index contributed by atoms with van der Waals surface area (Å²) in [7, 11) is 1.85. The van der Waals surface area contributed by atoms with Gasteiger partial charge in [-0.2, -0.15) is 5.10 Å². The quantitative estimate of drug-likeness (QED) is 0.743. The predicted molar refractivity (Wildman–Crippen MR) is 102 cm³/mol. The summed E-state index contributed by atoms with van der Waals surface area (Å²) in [5, 5.41) is 14.1. The third-order valence-corrected chi connectivity index (χ3v) is 4.23. The lowest BCUT2D eigenvalue weighted by atomic mass is 10.1. The lowest BCUT2D eigenvalue weighted by Crippen LogP contribution is -2.32. The van der Waals surface area contributed by atoms with Gasteiger partial charge in [0.1, 0.15) is 11.8 Å². The van der Waals surface area contributed by atoms with Crippen LogP contribution in [0.1, 0.15) is 43.3 Å². The summed E-state index contributed by atoms with van der Waals surface area (Å²) in [5.41, 5.74) is 2.88. The number of aromatic nitrogens is 2. The van der Waals surface area contributed by atoms with E-state index in [0.717, 1.165) is 35.7 Å². The zero-order valence-corrected chi connectivity index (χ0v) is 16.3. The summed E-state index contributed by atoms with van der Waals surface area (Å²) >= 11 is 0. The van der Waals surface area contributed by atoms with Crippen LogP contribution in [0.4, 0.5) is 0 Å². The van der Waals surface area contributed by atoms with Gasteiger partial charge in [-0.1, -0.05) is 12.1 Å². The number of aliphatic carboxylic acids is 1. The molecule has 2 aromatic rings. The van der Waals surface area contributed by atoms with Gasteiger partial charge in [0.2, 0.25) is 0 Å². The number of benzene rings is 1. The Hall–Kier alpha value is -2.34. The van der Waals surface area contributed by atoms with Crippen LogP contribution in [0.15, 0.2) is 30.3 Å². The first kappa shape index (κ1) is 20.0. The molecule has 0 aliphatic rings. The molecule has 2 rings (SSSR count). The number of ether oxygens (including phenoxy) is 1. The summed E-state index contributed by atoms with van der Waals surface area (Å²) in [6.07, 6.45) is 0.921. The number of hydrogen-bond acceptors (Lipinski definition) is 4. The van der Waals surface area contributed by atoms with E-state index in [1.807, 2.05) is 74.7 Å². The normalized spacial score (nSPS) is 12.6. The monoisotopic (exact) mass is 359 g/mol. The van der Waals surface area contributed by atoms with Crippen LogP contribution in [0, 0.1) is 13.8 Å². The van der Waals surface area contributed by atoms with Crippen LogP contribution in [0.25, 0.3) is 0 Å². The van der Waals surface area contributed by atoms with E-state index in [0.29, 0.717) is 6.54 Å². The van der Waals surface area contributed by atoms with Gasteiger partial charge in [-0.15, -0.1) is 0 Å². The summed E-state index contributed by atoms with van der Waals surface area (Å²) in [6, 6.07) is 8.68. The van der Waals surface area contributed by atoms with Crippen LogP contribution in [0.3, 0.4) is 0 Å². The molecular weight excluding hydrogens is 330 g/mol. The highest BCUT2D eigenvalue weighted by atomic mass is 16.5. The van der Waals surface area contributed by atoms with Crippen molar-refractivity contribution in [2.75, 3.05) is 13.6 Å². The molecular formula is C20H29N3O3. The van der Waals surface area contributed by atoms with Gasteiger partial charge in [0.15, 0.2) is 0 Å². The standard InChI is InChI=1S/C20H29N3O3/c1-14(2)26-18-9-7-17(8-10-18)19(20(24)25)22(5)11-6-12-23-16(4)13-15(3)21-23/h7-10,13-14,19H,6,11-12H2,1-5H3,(H,24,25)/t19-/m0/s1. The molecule has 0 fully saturated rings. The molecule has 0 amide bonds. The number of carbonyl (C=O) groups is 1. The predicted octanol–water partition coefficient (Wildman–Crippen LogP) is 3.43. The van der Waals surface area contributed by atoms with E-state index in [1.165, 1.54) is 0 Å². The molecule has 0 unspecified atom stereocenters. The lowest BCUT2D eigenvalue weighted by Gasteiger charge is -2.25. The molecule has 0 saturated heterocycles. The fourth-order valence-electron chi connectivity index (χ4n) is 3.09. The van der Waals surface area contributed by atoms with E-state index < -0.39 is 12.0 Å². The Morgan fingerprint density at radius 1 is 1.27 bits per heavy atom. The summed E-state index contributed by atoms with van der Waals surface area (Å²) in [4.78, 5) is 13.7. The molecule has 0 aliphatic heterocycles. The van der Waals surface area contributed by atoms with Crippen molar-refractivity contribution in [3.8, 4) is 5.75 Å². The first-order chi connectivity index (χ1) is 12.3. The highest BCUT2D eigenvalue weighted by Gasteiger charge is 2.24. The van der Waals surface area contributed by atoms with Crippen molar-refractivity contribution in [3.63, 3.8) is 0 Å². The summed E-state index contributed by atoms with van der Waals surface area (Å²) < 4.78 is 7.60. The van der Waals surface area contributed by atoms with E-state index >= 15 is 0 Å². The van der Waals surface area contributed by atoms with Crippen molar-refractivity contribution < 1.29 is 14.6 Å². The minimum Gasteiger partial charge on any atom is -0.491 e. The third-order valence-electron chi connectivity index (χ3n) is 4.23. The number of hydrogen-bond donors (Lipinski definition) is 1. The minimum atomic E-state index is -0.851. The molecule has 142 valence electrons. The van der Waals surface area contributed by atoms with Gasteiger partial charge in [-0.3, -0.25) is 14.4 Å². The molecule has 0 spiro atoms. The van der Waals surface area contributed by atoms with Crippen molar-refractivity contribution in [3.05, 3.63) is 47.3 Å². The average Bonchev–Trinajstić information content (AvgIpc) is 2.86. The van der Waals surface area contributed by atoms with Gasteiger partial charge in [-0.05, 0) is 64.9 Å². The molecule has 1 N–H and O–H groups in total. The van der Waals surface area contributed by atoms with Gasteiger partial charge in [0, 0.05) is 18.8 Å². The molecule has 1 heterocycles. The number of likely N-dealkylation sites (N-methyl/N-ethyl adjacent to an activating group) is 1. The second-order valence-electron chi connectivity index (χ2n) is 6.96. The van der Waals surface area contributed by atoms with Crippen LogP contribution in [-0.4, -0.2) is 45.5 Å². The molecule has 1 atom stereocenters. The molecule has 6 nitrogen and oxygen atoms in total. The molecule has 0 bridgehead atoms. The second kappa shape index (κ2) is 8.85. The van der Waals surface area contributed by atoms with Crippen LogP contribution in [0.5, 0.6) is 5.75 Å². The molecule has 0 aliphatic carbocycles. The fourth-order valence-corrected chi connectivity index (χ4v) is 3.09. The van der Waals surface area contributed by atoms with E-state index in [2.05, 4.69) is 5.10 Å². The van der Waals surface area contributed by atoms with Crippen LogP contribution in [0.2, 0.25) is 0 Å². The summed E-state index contributed by atoms with van der Waals surface area (Å²) in [5.74, 6) is -0.101. The maximum atomic E-state index is 11.8. The molecule has 0 radical (unpaired) electrons. The van der Waals surface area contributed by atoms with E-state index in [4.69, 9.17) is 4.74 Å². The smallest absolute Gasteiger partial charge is 0.325 e. The van der Waals surface area contributed by atoms with Gasteiger partial charge >= 0.3 is 5.97 Å². The SMILES string of the molecule is Cc1cc(C)n(CCCN(C)[C@H](C(=O)O)c2ccc(OC(C)C)cc2)n1. The molecule has 1 aromatic heterocycles. The second-order valence-corrected chi connectivity index (χ2v) is 6.96. The lowest BCUT2D eigenvalue weighted by molar-refractivity contribution is -0.143. The van der Waals surface area contributed by atoms with Crippen molar-refractivity contribution in [1.82, 2.24) is 14.7 Å². The molecule has 0 saturated carbocycles. The number of aryl methyl sites for hydroxylation is 3. The minimum absolute atomic E-state index is 0.0909. The molecule has 26 heavy (non-hydrogen) atoms. The Balaban J connectivity index is 1.99. The Bertz CT molecular complexity index is 722. The summed E-state index contributed by atoms with van der Waals surface area (Å²) in [6.45, 7) is 9.37. The number of carboxylic acids is 1.